The second-order valence-electron chi connectivity index (χ2n) is 6.73. The summed E-state index contributed by atoms with van der Waals surface area (Å²) in [5, 5.41) is 5.12. The number of hydrogen-bond donors (Lipinski definition) is 2. The lowest BCUT2D eigenvalue weighted by Crippen LogP contribution is -2.45. The largest absolute Gasteiger partial charge is 0.372 e. The highest BCUT2D eigenvalue weighted by Crippen LogP contribution is 2.26. The molecule has 0 aromatic heterocycles. The van der Waals surface area contributed by atoms with E-state index in [1.807, 2.05) is 18.7 Å². The van der Waals surface area contributed by atoms with Crippen LogP contribution in [0, 0.1) is 11.6 Å². The highest BCUT2D eigenvalue weighted by Gasteiger charge is 2.24. The number of hydrogen-bond acceptors (Lipinski definition) is 3. The smallest absolute Gasteiger partial charge is 0.319 e. The van der Waals surface area contributed by atoms with E-state index in [1.54, 1.807) is 30.3 Å². The predicted octanol–water partition coefficient (Wildman–Crippen LogP) is 3.90. The van der Waals surface area contributed by atoms with E-state index in [-0.39, 0.29) is 24.6 Å². The summed E-state index contributed by atoms with van der Waals surface area (Å²) in [6, 6.07) is 10.2. The molecule has 7 heteroatoms. The Balaban J connectivity index is 1.60. The number of carbonyl (C=O) groups excluding carboxylic acids is 1. The van der Waals surface area contributed by atoms with Crippen molar-refractivity contribution in [2.45, 2.75) is 32.6 Å². The molecule has 2 N–H and O–H groups in total. The molecule has 2 aromatic rings. The number of ether oxygens (including phenoxy) is 1. The summed E-state index contributed by atoms with van der Waals surface area (Å²) in [4.78, 5) is 13.9. The first-order valence-corrected chi connectivity index (χ1v) is 8.90. The van der Waals surface area contributed by atoms with Gasteiger partial charge in [-0.2, -0.15) is 0 Å². The number of nitrogens with zero attached hydrogens (tertiary/aromatic N) is 1. The van der Waals surface area contributed by atoms with Crippen molar-refractivity contribution in [1.82, 2.24) is 5.32 Å². The molecular formula is C20H23F2N3O2. The van der Waals surface area contributed by atoms with E-state index in [9.17, 15) is 13.6 Å². The average Bonchev–Trinajstić information content (AvgIpc) is 2.60. The lowest BCUT2D eigenvalue weighted by molar-refractivity contribution is -0.00539. The minimum Gasteiger partial charge on any atom is -0.372 e. The van der Waals surface area contributed by atoms with Crippen molar-refractivity contribution in [3.63, 3.8) is 0 Å². The molecule has 0 saturated carbocycles. The van der Waals surface area contributed by atoms with Crippen molar-refractivity contribution in [1.29, 1.82) is 0 Å². The summed E-state index contributed by atoms with van der Waals surface area (Å²) in [6.45, 7) is 5.17. The number of anilines is 2. The van der Waals surface area contributed by atoms with E-state index in [0.717, 1.165) is 0 Å². The fourth-order valence-electron chi connectivity index (χ4n) is 3.21. The van der Waals surface area contributed by atoms with Crippen LogP contribution in [0.4, 0.5) is 25.0 Å². The van der Waals surface area contributed by atoms with Crippen LogP contribution in [0.1, 0.15) is 19.4 Å². The first-order chi connectivity index (χ1) is 12.9. The summed E-state index contributed by atoms with van der Waals surface area (Å²) >= 11 is 0. The SMILES string of the molecule is CC1CN(c2ccc(NC(=O)NCc3ccccc3F)cc2F)CC(C)O1. The maximum absolute atomic E-state index is 14.5. The molecule has 0 radical (unpaired) electrons. The monoisotopic (exact) mass is 375 g/mol. The average molecular weight is 375 g/mol. The Morgan fingerprint density at radius 3 is 2.48 bits per heavy atom. The third kappa shape index (κ3) is 4.95. The number of halogens is 2. The Labute approximate surface area is 157 Å². The van der Waals surface area contributed by atoms with Gasteiger partial charge in [0.1, 0.15) is 11.6 Å². The molecule has 1 aliphatic rings. The number of nitrogens with one attached hydrogen (secondary N) is 2. The second-order valence-corrected chi connectivity index (χ2v) is 6.73. The molecule has 27 heavy (non-hydrogen) atoms. The molecule has 0 aliphatic carbocycles. The Hall–Kier alpha value is -2.67. The van der Waals surface area contributed by atoms with Crippen molar-refractivity contribution >= 4 is 17.4 Å². The van der Waals surface area contributed by atoms with Gasteiger partial charge < -0.3 is 20.3 Å². The van der Waals surface area contributed by atoms with Gasteiger partial charge in [-0.25, -0.2) is 13.6 Å². The molecular weight excluding hydrogens is 352 g/mol. The minimum absolute atomic E-state index is 0.0233. The van der Waals surface area contributed by atoms with Crippen molar-refractivity contribution in [3.8, 4) is 0 Å². The maximum Gasteiger partial charge on any atom is 0.319 e. The molecule has 2 aromatic carbocycles. The van der Waals surface area contributed by atoms with Crippen LogP contribution in [-0.2, 0) is 11.3 Å². The van der Waals surface area contributed by atoms with Crippen molar-refractivity contribution in [2.24, 2.45) is 0 Å². The van der Waals surface area contributed by atoms with E-state index >= 15 is 0 Å². The molecule has 144 valence electrons. The van der Waals surface area contributed by atoms with E-state index in [0.29, 0.717) is 30.0 Å². The fourth-order valence-corrected chi connectivity index (χ4v) is 3.21. The van der Waals surface area contributed by atoms with Crippen LogP contribution in [0.5, 0.6) is 0 Å². The summed E-state index contributed by atoms with van der Waals surface area (Å²) in [6.07, 6.45) is 0.0465. The van der Waals surface area contributed by atoms with Gasteiger partial charge in [0, 0.05) is 30.9 Å². The number of amides is 2. The number of carbonyl (C=O) groups is 1. The molecule has 3 rings (SSSR count). The molecule has 1 saturated heterocycles. The van der Waals surface area contributed by atoms with Gasteiger partial charge in [0.05, 0.1) is 17.9 Å². The zero-order chi connectivity index (χ0) is 19.4. The fraction of sp³-hybridized carbons (Fsp3) is 0.350. The van der Waals surface area contributed by atoms with Gasteiger partial charge in [-0.3, -0.25) is 0 Å². The maximum atomic E-state index is 14.5. The van der Waals surface area contributed by atoms with Gasteiger partial charge in [0.25, 0.3) is 0 Å². The van der Waals surface area contributed by atoms with Gasteiger partial charge in [-0.05, 0) is 38.1 Å². The quantitative estimate of drug-likeness (QED) is 0.852. The van der Waals surface area contributed by atoms with Crippen LogP contribution in [-0.4, -0.2) is 31.3 Å². The summed E-state index contributed by atoms with van der Waals surface area (Å²) in [5.74, 6) is -0.801. The Morgan fingerprint density at radius 2 is 1.81 bits per heavy atom. The molecule has 1 aliphatic heterocycles. The zero-order valence-corrected chi connectivity index (χ0v) is 15.3. The van der Waals surface area contributed by atoms with Crippen LogP contribution in [0.2, 0.25) is 0 Å². The van der Waals surface area contributed by atoms with E-state index < -0.39 is 11.8 Å². The molecule has 1 fully saturated rings. The first kappa shape index (κ1) is 19.1. The van der Waals surface area contributed by atoms with Crippen molar-refractivity contribution in [3.05, 3.63) is 59.7 Å². The lowest BCUT2D eigenvalue weighted by atomic mass is 10.2. The van der Waals surface area contributed by atoms with Gasteiger partial charge in [0.2, 0.25) is 0 Å². The van der Waals surface area contributed by atoms with Gasteiger partial charge in [-0.1, -0.05) is 18.2 Å². The molecule has 2 atom stereocenters. The highest BCUT2D eigenvalue weighted by atomic mass is 19.1. The van der Waals surface area contributed by atoms with Gasteiger partial charge in [-0.15, -0.1) is 0 Å². The molecule has 0 spiro atoms. The highest BCUT2D eigenvalue weighted by molar-refractivity contribution is 5.89. The van der Waals surface area contributed by atoms with Gasteiger partial charge >= 0.3 is 6.03 Å². The summed E-state index contributed by atoms with van der Waals surface area (Å²) in [7, 11) is 0. The Bertz CT molecular complexity index is 806. The topological polar surface area (TPSA) is 53.6 Å². The van der Waals surface area contributed by atoms with Crippen LogP contribution in [0.3, 0.4) is 0 Å². The molecule has 2 amide bonds. The number of morpholine rings is 1. The van der Waals surface area contributed by atoms with Crippen molar-refractivity contribution in [2.75, 3.05) is 23.3 Å². The second kappa shape index (κ2) is 8.35. The summed E-state index contributed by atoms with van der Waals surface area (Å²) in [5.41, 5.74) is 1.19. The van der Waals surface area contributed by atoms with Crippen LogP contribution in [0.25, 0.3) is 0 Å². The number of rotatable bonds is 4. The first-order valence-electron chi connectivity index (χ1n) is 8.90. The molecule has 5 nitrogen and oxygen atoms in total. The van der Waals surface area contributed by atoms with Crippen LogP contribution in [0.15, 0.2) is 42.5 Å². The molecule has 0 bridgehead atoms. The third-order valence-electron chi connectivity index (χ3n) is 4.36. The Morgan fingerprint density at radius 1 is 1.11 bits per heavy atom. The summed E-state index contributed by atoms with van der Waals surface area (Å²) < 4.78 is 33.8. The van der Waals surface area contributed by atoms with E-state index in [1.165, 1.54) is 12.1 Å². The number of urea groups is 1. The predicted molar refractivity (Wildman–Crippen MR) is 101 cm³/mol. The van der Waals surface area contributed by atoms with Crippen LogP contribution >= 0.6 is 0 Å². The molecule has 2 unspecified atom stereocenters. The molecule has 1 heterocycles. The van der Waals surface area contributed by atoms with Crippen molar-refractivity contribution < 1.29 is 18.3 Å². The van der Waals surface area contributed by atoms with Crippen LogP contribution < -0.4 is 15.5 Å². The third-order valence-corrected chi connectivity index (χ3v) is 4.36. The zero-order valence-electron chi connectivity index (χ0n) is 15.3. The van der Waals surface area contributed by atoms with Gasteiger partial charge in [0.15, 0.2) is 0 Å². The standard InChI is InChI=1S/C20H23F2N3O2/c1-13-11-25(12-14(2)27-13)19-8-7-16(9-18(19)22)24-20(26)23-10-15-5-3-4-6-17(15)21/h3-9,13-14H,10-12H2,1-2H3,(H2,23,24,26). The van der Waals surface area contributed by atoms with E-state index in [4.69, 9.17) is 4.74 Å². The minimum atomic E-state index is -0.529. The number of benzene rings is 2. The lowest BCUT2D eigenvalue weighted by Gasteiger charge is -2.37. The normalized spacial score (nSPS) is 19.6. The van der Waals surface area contributed by atoms with E-state index in [2.05, 4.69) is 10.6 Å². The Kier molecular flexibility index (Phi) is 5.91.